The van der Waals surface area contributed by atoms with E-state index in [2.05, 4.69) is 11.4 Å². The molecule has 1 aromatic heterocycles. The van der Waals surface area contributed by atoms with E-state index < -0.39 is 0 Å². The highest BCUT2D eigenvalue weighted by Gasteiger charge is 2.17. The summed E-state index contributed by atoms with van der Waals surface area (Å²) in [6.45, 7) is 0.380. The standard InChI is InChI=1S/C24H15Cl4NOS/c25-16-8-4-14(5-9-16)20-12-18(13-29-24(30)15-6-10-17(26)11-7-15)31-23(20)19-2-1-3-21(27)22(19)28/h1-12H,13H2,(H,29,30). The topological polar surface area (TPSA) is 29.1 Å². The summed E-state index contributed by atoms with van der Waals surface area (Å²) in [6, 6.07) is 22.0. The van der Waals surface area contributed by atoms with Gasteiger partial charge in [-0.3, -0.25) is 4.79 Å². The fourth-order valence-corrected chi connectivity index (χ4v) is 4.98. The fraction of sp³-hybridized carbons (Fsp3) is 0.0417. The minimum absolute atomic E-state index is 0.166. The Hall–Kier alpha value is -2.01. The van der Waals surface area contributed by atoms with Crippen LogP contribution in [-0.2, 0) is 6.54 Å². The van der Waals surface area contributed by atoms with Gasteiger partial charge in [0.05, 0.1) is 16.6 Å². The van der Waals surface area contributed by atoms with Crippen LogP contribution < -0.4 is 5.32 Å². The highest BCUT2D eigenvalue weighted by atomic mass is 35.5. The average Bonchev–Trinajstić information content (AvgIpc) is 3.19. The molecule has 1 amide bonds. The Bertz CT molecular complexity index is 1230. The van der Waals surface area contributed by atoms with Crippen molar-refractivity contribution in [1.82, 2.24) is 5.32 Å². The molecule has 0 bridgehead atoms. The molecule has 4 rings (SSSR count). The maximum atomic E-state index is 12.5. The van der Waals surface area contributed by atoms with Gasteiger partial charge in [0.1, 0.15) is 0 Å². The minimum Gasteiger partial charge on any atom is -0.347 e. The van der Waals surface area contributed by atoms with E-state index in [1.807, 2.05) is 36.4 Å². The molecule has 0 saturated heterocycles. The van der Waals surface area contributed by atoms with E-state index in [1.54, 1.807) is 41.7 Å². The summed E-state index contributed by atoms with van der Waals surface area (Å²) in [6.07, 6.45) is 0. The van der Waals surface area contributed by atoms with Gasteiger partial charge in [-0.25, -0.2) is 0 Å². The molecule has 0 radical (unpaired) electrons. The Kier molecular flexibility index (Phi) is 6.90. The van der Waals surface area contributed by atoms with E-state index in [1.165, 1.54) is 0 Å². The van der Waals surface area contributed by atoms with Gasteiger partial charge in [-0.1, -0.05) is 70.7 Å². The molecule has 0 unspecified atom stereocenters. The Morgan fingerprint density at radius 1 is 0.806 bits per heavy atom. The van der Waals surface area contributed by atoms with Gasteiger partial charge in [0.25, 0.3) is 5.91 Å². The van der Waals surface area contributed by atoms with Crippen LogP contribution in [-0.4, -0.2) is 5.91 Å². The number of amides is 1. The number of hydrogen-bond acceptors (Lipinski definition) is 2. The van der Waals surface area contributed by atoms with E-state index >= 15 is 0 Å². The zero-order valence-corrected chi connectivity index (χ0v) is 19.8. The van der Waals surface area contributed by atoms with Crippen LogP contribution in [0.2, 0.25) is 20.1 Å². The van der Waals surface area contributed by atoms with Crippen molar-refractivity contribution >= 4 is 63.6 Å². The van der Waals surface area contributed by atoms with Crippen molar-refractivity contribution < 1.29 is 4.79 Å². The first-order chi connectivity index (χ1) is 14.9. The number of halogens is 4. The van der Waals surface area contributed by atoms with E-state index in [4.69, 9.17) is 46.4 Å². The SMILES string of the molecule is O=C(NCc1cc(-c2ccc(Cl)cc2)c(-c2cccc(Cl)c2Cl)s1)c1ccc(Cl)cc1. The highest BCUT2D eigenvalue weighted by molar-refractivity contribution is 7.16. The number of thiophene rings is 1. The quantitative estimate of drug-likeness (QED) is 0.288. The zero-order valence-electron chi connectivity index (χ0n) is 16.0. The molecule has 4 aromatic rings. The first-order valence-electron chi connectivity index (χ1n) is 9.29. The Labute approximate surface area is 204 Å². The molecule has 0 aliphatic rings. The molecular formula is C24H15Cl4NOS. The third kappa shape index (κ3) is 5.08. The molecule has 1 heterocycles. The number of carbonyl (C=O) groups excluding carboxylic acids is 1. The lowest BCUT2D eigenvalue weighted by molar-refractivity contribution is 0.0951. The largest absolute Gasteiger partial charge is 0.347 e. The summed E-state index contributed by atoms with van der Waals surface area (Å²) in [7, 11) is 0. The van der Waals surface area contributed by atoms with Gasteiger partial charge in [0, 0.05) is 36.5 Å². The average molecular weight is 507 g/mol. The molecular weight excluding hydrogens is 492 g/mol. The fourth-order valence-electron chi connectivity index (χ4n) is 3.12. The summed E-state index contributed by atoms with van der Waals surface area (Å²) >= 11 is 26.3. The second kappa shape index (κ2) is 9.64. The summed E-state index contributed by atoms with van der Waals surface area (Å²) in [5.41, 5.74) is 3.40. The lowest BCUT2D eigenvalue weighted by atomic mass is 10.0. The normalized spacial score (nSPS) is 10.8. The van der Waals surface area contributed by atoms with E-state index in [0.717, 1.165) is 26.4 Å². The maximum Gasteiger partial charge on any atom is 0.251 e. The molecule has 3 aromatic carbocycles. The third-order valence-corrected chi connectivity index (χ3v) is 7.16. The van der Waals surface area contributed by atoms with E-state index in [0.29, 0.717) is 32.2 Å². The zero-order chi connectivity index (χ0) is 22.0. The van der Waals surface area contributed by atoms with Crippen LogP contribution in [0.4, 0.5) is 0 Å². The predicted octanol–water partition coefficient (Wildman–Crippen LogP) is 8.63. The van der Waals surface area contributed by atoms with Crippen molar-refractivity contribution in [3.8, 4) is 21.6 Å². The van der Waals surface area contributed by atoms with Gasteiger partial charge in [-0.05, 0) is 54.1 Å². The van der Waals surface area contributed by atoms with Crippen LogP contribution in [0, 0.1) is 0 Å². The van der Waals surface area contributed by atoms with Crippen molar-refractivity contribution in [3.05, 3.63) is 103 Å². The second-order valence-electron chi connectivity index (χ2n) is 6.75. The Balaban J connectivity index is 1.67. The first-order valence-corrected chi connectivity index (χ1v) is 11.6. The number of nitrogens with one attached hydrogen (secondary N) is 1. The van der Waals surface area contributed by atoms with Crippen LogP contribution in [0.1, 0.15) is 15.2 Å². The van der Waals surface area contributed by atoms with E-state index in [-0.39, 0.29) is 5.91 Å². The van der Waals surface area contributed by atoms with Crippen molar-refractivity contribution in [2.24, 2.45) is 0 Å². The van der Waals surface area contributed by atoms with Crippen LogP contribution in [0.3, 0.4) is 0 Å². The molecule has 7 heteroatoms. The van der Waals surface area contributed by atoms with Crippen molar-refractivity contribution in [1.29, 1.82) is 0 Å². The molecule has 156 valence electrons. The molecule has 0 aliphatic heterocycles. The Morgan fingerprint density at radius 3 is 2.13 bits per heavy atom. The summed E-state index contributed by atoms with van der Waals surface area (Å²) in [5, 5.41) is 5.20. The number of carbonyl (C=O) groups is 1. The second-order valence-corrected chi connectivity index (χ2v) is 9.55. The molecule has 1 N–H and O–H groups in total. The van der Waals surface area contributed by atoms with Gasteiger partial charge in [0.15, 0.2) is 0 Å². The van der Waals surface area contributed by atoms with Crippen molar-refractivity contribution in [2.75, 3.05) is 0 Å². The minimum atomic E-state index is -0.166. The van der Waals surface area contributed by atoms with Crippen LogP contribution in [0.15, 0.2) is 72.8 Å². The summed E-state index contributed by atoms with van der Waals surface area (Å²) in [4.78, 5) is 14.5. The number of benzene rings is 3. The monoisotopic (exact) mass is 505 g/mol. The summed E-state index contributed by atoms with van der Waals surface area (Å²) in [5.74, 6) is -0.166. The molecule has 2 nitrogen and oxygen atoms in total. The maximum absolute atomic E-state index is 12.5. The smallest absolute Gasteiger partial charge is 0.251 e. The van der Waals surface area contributed by atoms with Gasteiger partial charge in [-0.2, -0.15) is 0 Å². The van der Waals surface area contributed by atoms with Crippen LogP contribution in [0.5, 0.6) is 0 Å². The van der Waals surface area contributed by atoms with Crippen molar-refractivity contribution in [3.63, 3.8) is 0 Å². The number of rotatable bonds is 5. The van der Waals surface area contributed by atoms with Crippen LogP contribution in [0.25, 0.3) is 21.6 Å². The third-order valence-electron chi connectivity index (χ3n) is 4.66. The lowest BCUT2D eigenvalue weighted by Crippen LogP contribution is -2.22. The van der Waals surface area contributed by atoms with Gasteiger partial charge in [0.2, 0.25) is 0 Å². The Morgan fingerprint density at radius 2 is 1.45 bits per heavy atom. The number of hydrogen-bond donors (Lipinski definition) is 1. The molecule has 0 fully saturated rings. The molecule has 31 heavy (non-hydrogen) atoms. The van der Waals surface area contributed by atoms with Gasteiger partial charge >= 0.3 is 0 Å². The first kappa shape index (κ1) is 22.2. The highest BCUT2D eigenvalue weighted by Crippen LogP contribution is 2.44. The van der Waals surface area contributed by atoms with Gasteiger partial charge in [-0.15, -0.1) is 11.3 Å². The molecule has 0 aliphatic carbocycles. The molecule has 0 spiro atoms. The molecule has 0 atom stereocenters. The van der Waals surface area contributed by atoms with Gasteiger partial charge < -0.3 is 5.32 Å². The van der Waals surface area contributed by atoms with E-state index in [9.17, 15) is 4.79 Å². The molecule has 0 saturated carbocycles. The predicted molar refractivity (Wildman–Crippen MR) is 133 cm³/mol. The lowest BCUT2D eigenvalue weighted by Gasteiger charge is -2.07. The van der Waals surface area contributed by atoms with Crippen LogP contribution >= 0.6 is 57.7 Å². The van der Waals surface area contributed by atoms with Crippen molar-refractivity contribution in [2.45, 2.75) is 6.54 Å². The summed E-state index contributed by atoms with van der Waals surface area (Å²) < 4.78 is 0.